The smallest absolute Gasteiger partial charge is 0.306 e. The maximum Gasteiger partial charge on any atom is 0.339 e. The fourth-order valence-corrected chi connectivity index (χ4v) is 4.46. The van der Waals surface area contributed by atoms with Gasteiger partial charge in [-0.1, -0.05) is 41.1 Å². The number of anilines is 1. The SMILES string of the molecule is Cc1ccc(NC(=O)N/N=C/c2ccc(Sc3ccc(Cl)cc3)s2)c(C)c1. The van der Waals surface area contributed by atoms with Crippen LogP contribution in [0.2, 0.25) is 5.02 Å². The number of carbonyl (C=O) groups is 1. The second kappa shape index (κ2) is 9.08. The number of aryl methyl sites for hydroxylation is 2. The summed E-state index contributed by atoms with van der Waals surface area (Å²) in [6, 6.07) is 17.2. The van der Waals surface area contributed by atoms with Crippen LogP contribution in [-0.2, 0) is 0 Å². The van der Waals surface area contributed by atoms with E-state index in [0.29, 0.717) is 0 Å². The minimum atomic E-state index is -0.370. The number of thiophene rings is 1. The van der Waals surface area contributed by atoms with Gasteiger partial charge in [-0.15, -0.1) is 11.3 Å². The number of carbonyl (C=O) groups excluding carboxylic acids is 1. The predicted octanol–water partition coefficient (Wildman–Crippen LogP) is 6.33. The van der Waals surface area contributed by atoms with Crippen LogP contribution < -0.4 is 10.7 Å². The lowest BCUT2D eigenvalue weighted by Gasteiger charge is -2.08. The number of halogens is 1. The molecule has 0 saturated heterocycles. The zero-order valence-electron chi connectivity index (χ0n) is 14.8. The van der Waals surface area contributed by atoms with E-state index in [2.05, 4.69) is 15.8 Å². The Morgan fingerprint density at radius 1 is 1.11 bits per heavy atom. The summed E-state index contributed by atoms with van der Waals surface area (Å²) in [4.78, 5) is 14.0. The molecule has 3 rings (SSSR count). The molecule has 4 nitrogen and oxygen atoms in total. The fourth-order valence-electron chi connectivity index (χ4n) is 2.34. The monoisotopic (exact) mass is 415 g/mol. The molecule has 0 aliphatic rings. The van der Waals surface area contributed by atoms with E-state index in [1.165, 1.54) is 0 Å². The molecular formula is C20H18ClN3OS2. The molecular weight excluding hydrogens is 398 g/mol. The molecule has 1 heterocycles. The summed E-state index contributed by atoms with van der Waals surface area (Å²) in [7, 11) is 0. The van der Waals surface area contributed by atoms with Gasteiger partial charge in [0.15, 0.2) is 0 Å². The summed E-state index contributed by atoms with van der Waals surface area (Å²) < 4.78 is 1.14. The Labute approximate surface area is 171 Å². The van der Waals surface area contributed by atoms with Gasteiger partial charge in [-0.05, 0) is 61.9 Å². The van der Waals surface area contributed by atoms with Gasteiger partial charge in [0.05, 0.1) is 10.4 Å². The summed E-state index contributed by atoms with van der Waals surface area (Å²) >= 11 is 9.16. The predicted molar refractivity (Wildman–Crippen MR) is 116 cm³/mol. The highest BCUT2D eigenvalue weighted by molar-refractivity contribution is 8.01. The lowest BCUT2D eigenvalue weighted by Crippen LogP contribution is -2.24. The van der Waals surface area contributed by atoms with Gasteiger partial charge in [0, 0.05) is 20.5 Å². The second-order valence-corrected chi connectivity index (χ2v) is 8.78. The normalized spacial score (nSPS) is 10.9. The molecule has 138 valence electrons. The van der Waals surface area contributed by atoms with Crippen LogP contribution in [0, 0.1) is 13.8 Å². The molecule has 0 aliphatic carbocycles. The molecule has 7 heteroatoms. The van der Waals surface area contributed by atoms with Crippen LogP contribution in [0.3, 0.4) is 0 Å². The van der Waals surface area contributed by atoms with Crippen molar-refractivity contribution in [3.05, 3.63) is 75.6 Å². The number of nitrogens with zero attached hydrogens (tertiary/aromatic N) is 1. The Hall–Kier alpha value is -2.28. The summed E-state index contributed by atoms with van der Waals surface area (Å²) in [5, 5.41) is 7.53. The molecule has 27 heavy (non-hydrogen) atoms. The van der Waals surface area contributed by atoms with Gasteiger partial charge in [0.1, 0.15) is 0 Å². The Kier molecular flexibility index (Phi) is 6.55. The van der Waals surface area contributed by atoms with Crippen LogP contribution in [0.5, 0.6) is 0 Å². The first-order valence-corrected chi connectivity index (χ1v) is 10.2. The average molecular weight is 416 g/mol. The van der Waals surface area contributed by atoms with E-state index in [9.17, 15) is 4.79 Å². The van der Waals surface area contributed by atoms with Crippen molar-refractivity contribution in [2.45, 2.75) is 23.0 Å². The fraction of sp³-hybridized carbons (Fsp3) is 0.100. The zero-order chi connectivity index (χ0) is 19.2. The van der Waals surface area contributed by atoms with Crippen molar-refractivity contribution in [3.8, 4) is 0 Å². The third-order valence-electron chi connectivity index (χ3n) is 3.62. The van der Waals surface area contributed by atoms with Gasteiger partial charge < -0.3 is 5.32 Å². The Morgan fingerprint density at radius 2 is 1.89 bits per heavy atom. The number of hydrogen-bond donors (Lipinski definition) is 2. The van der Waals surface area contributed by atoms with E-state index < -0.39 is 0 Å². The molecule has 0 saturated carbocycles. The highest BCUT2D eigenvalue weighted by Gasteiger charge is 2.04. The summed E-state index contributed by atoms with van der Waals surface area (Å²) in [5.74, 6) is 0. The summed E-state index contributed by atoms with van der Waals surface area (Å²) in [6.07, 6.45) is 1.64. The van der Waals surface area contributed by atoms with Gasteiger partial charge in [-0.2, -0.15) is 5.10 Å². The summed E-state index contributed by atoms with van der Waals surface area (Å²) in [5.41, 5.74) is 5.43. The molecule has 0 atom stereocenters. The Morgan fingerprint density at radius 3 is 2.63 bits per heavy atom. The van der Waals surface area contributed by atoms with Crippen LogP contribution in [0.25, 0.3) is 0 Å². The first kappa shape index (κ1) is 19.5. The minimum Gasteiger partial charge on any atom is -0.306 e. The van der Waals surface area contributed by atoms with E-state index in [1.807, 2.05) is 68.4 Å². The van der Waals surface area contributed by atoms with Gasteiger partial charge >= 0.3 is 6.03 Å². The molecule has 2 aromatic carbocycles. The van der Waals surface area contributed by atoms with Gasteiger partial charge in [-0.3, -0.25) is 0 Å². The maximum atomic E-state index is 12.0. The van der Waals surface area contributed by atoms with Gasteiger partial charge in [0.2, 0.25) is 0 Å². The average Bonchev–Trinajstić information content (AvgIpc) is 3.07. The van der Waals surface area contributed by atoms with Crippen LogP contribution in [-0.4, -0.2) is 12.2 Å². The second-order valence-electron chi connectivity index (χ2n) is 5.86. The third-order valence-corrected chi connectivity index (χ3v) is 6.03. The van der Waals surface area contributed by atoms with Crippen molar-refractivity contribution in [1.82, 2.24) is 5.43 Å². The molecule has 0 spiro atoms. The lowest BCUT2D eigenvalue weighted by atomic mass is 10.1. The molecule has 2 N–H and O–H groups in total. The molecule has 3 aromatic rings. The molecule has 0 unspecified atom stereocenters. The van der Waals surface area contributed by atoms with Gasteiger partial charge in [0.25, 0.3) is 0 Å². The van der Waals surface area contributed by atoms with E-state index in [1.54, 1.807) is 29.3 Å². The van der Waals surface area contributed by atoms with E-state index in [-0.39, 0.29) is 6.03 Å². The van der Waals surface area contributed by atoms with E-state index >= 15 is 0 Å². The van der Waals surface area contributed by atoms with Crippen molar-refractivity contribution in [1.29, 1.82) is 0 Å². The molecule has 0 bridgehead atoms. The van der Waals surface area contributed by atoms with Crippen LogP contribution in [0.15, 0.2) is 68.8 Å². The van der Waals surface area contributed by atoms with Crippen molar-refractivity contribution >= 4 is 52.6 Å². The van der Waals surface area contributed by atoms with Crippen molar-refractivity contribution < 1.29 is 4.79 Å². The molecule has 2 amide bonds. The lowest BCUT2D eigenvalue weighted by molar-refractivity contribution is 0.252. The zero-order valence-corrected chi connectivity index (χ0v) is 17.2. The summed E-state index contributed by atoms with van der Waals surface area (Å²) in [6.45, 7) is 3.97. The molecule has 0 aliphatic heterocycles. The van der Waals surface area contributed by atoms with Gasteiger partial charge in [-0.25, -0.2) is 10.2 Å². The third kappa shape index (κ3) is 5.85. The number of hydrogen-bond acceptors (Lipinski definition) is 4. The number of benzene rings is 2. The highest BCUT2D eigenvalue weighted by Crippen LogP contribution is 2.33. The first-order chi connectivity index (χ1) is 13.0. The maximum absolute atomic E-state index is 12.0. The van der Waals surface area contributed by atoms with E-state index in [0.717, 1.165) is 35.8 Å². The molecule has 0 radical (unpaired) electrons. The standard InChI is InChI=1S/C20H18ClN3OS2/c1-13-3-9-18(14(2)11-13)23-20(25)24-22-12-17-8-10-19(27-17)26-16-6-4-15(21)5-7-16/h3-12H,1-2H3,(H2,23,24,25)/b22-12+. The number of urea groups is 1. The quantitative estimate of drug-likeness (QED) is 0.378. The van der Waals surface area contributed by atoms with Crippen molar-refractivity contribution in [2.24, 2.45) is 5.10 Å². The van der Waals surface area contributed by atoms with Crippen LogP contribution in [0.1, 0.15) is 16.0 Å². The van der Waals surface area contributed by atoms with E-state index in [4.69, 9.17) is 11.6 Å². The number of amides is 2. The topological polar surface area (TPSA) is 53.5 Å². The Bertz CT molecular complexity index is 968. The minimum absolute atomic E-state index is 0.370. The first-order valence-electron chi connectivity index (χ1n) is 8.20. The number of nitrogens with one attached hydrogen (secondary N) is 2. The number of hydrazone groups is 1. The largest absolute Gasteiger partial charge is 0.339 e. The van der Waals surface area contributed by atoms with Crippen molar-refractivity contribution in [2.75, 3.05) is 5.32 Å². The van der Waals surface area contributed by atoms with Crippen LogP contribution in [0.4, 0.5) is 10.5 Å². The highest BCUT2D eigenvalue weighted by atomic mass is 35.5. The Balaban J connectivity index is 1.53. The molecule has 0 fully saturated rings. The van der Waals surface area contributed by atoms with Crippen LogP contribution >= 0.6 is 34.7 Å². The number of rotatable bonds is 5. The molecule has 1 aromatic heterocycles. The van der Waals surface area contributed by atoms with Crippen molar-refractivity contribution in [3.63, 3.8) is 0 Å².